The molecule has 1 fully saturated rings. The van der Waals surface area contributed by atoms with Gasteiger partial charge in [0.15, 0.2) is 0 Å². The van der Waals surface area contributed by atoms with Crippen LogP contribution in [0.1, 0.15) is 29.6 Å². The summed E-state index contributed by atoms with van der Waals surface area (Å²) in [6, 6.07) is 0. The maximum absolute atomic E-state index is 11.4. The third kappa shape index (κ3) is 1.77. The van der Waals surface area contributed by atoms with E-state index in [1.165, 1.54) is 12.4 Å². The molecule has 1 heterocycles. The van der Waals surface area contributed by atoms with Crippen molar-refractivity contribution in [3.8, 4) is 0 Å². The van der Waals surface area contributed by atoms with Gasteiger partial charge in [-0.3, -0.25) is 9.89 Å². The first-order chi connectivity index (χ1) is 6.70. The van der Waals surface area contributed by atoms with Crippen LogP contribution in [0.3, 0.4) is 0 Å². The van der Waals surface area contributed by atoms with Crippen molar-refractivity contribution in [2.45, 2.75) is 24.9 Å². The first-order valence-electron chi connectivity index (χ1n) is 4.69. The summed E-state index contributed by atoms with van der Waals surface area (Å²) >= 11 is 0. The number of nitrogens with one attached hydrogen (secondary N) is 2. The molecule has 76 valence electrons. The highest BCUT2D eigenvalue weighted by Gasteiger charge is 2.34. The lowest BCUT2D eigenvalue weighted by Crippen LogP contribution is -2.47. The Bertz CT molecular complexity index is 317. The number of nitrogens with zero attached hydrogens (tertiary/aromatic N) is 1. The highest BCUT2D eigenvalue weighted by molar-refractivity contribution is 5.93. The molecule has 0 radical (unpaired) electrons. The first kappa shape index (κ1) is 9.21. The van der Waals surface area contributed by atoms with E-state index in [9.17, 15) is 9.90 Å². The molecule has 1 aromatic rings. The van der Waals surface area contributed by atoms with Gasteiger partial charge in [-0.1, -0.05) is 0 Å². The van der Waals surface area contributed by atoms with E-state index in [0.717, 1.165) is 19.3 Å². The second kappa shape index (κ2) is 3.42. The quantitative estimate of drug-likeness (QED) is 0.638. The molecule has 5 heteroatoms. The lowest BCUT2D eigenvalue weighted by molar-refractivity contribution is -0.0300. The SMILES string of the molecule is O=C(NCC1(O)CCC1)c1cn[nH]c1. The van der Waals surface area contributed by atoms with Gasteiger partial charge >= 0.3 is 0 Å². The van der Waals surface area contributed by atoms with Crippen LogP contribution in [0.4, 0.5) is 0 Å². The Morgan fingerprint density at radius 3 is 3.00 bits per heavy atom. The minimum atomic E-state index is -0.667. The van der Waals surface area contributed by atoms with Crippen molar-refractivity contribution < 1.29 is 9.90 Å². The number of carbonyl (C=O) groups is 1. The average Bonchev–Trinajstić information content (AvgIpc) is 2.63. The van der Waals surface area contributed by atoms with Gasteiger partial charge in [0.05, 0.1) is 17.4 Å². The molecule has 0 atom stereocenters. The molecule has 2 rings (SSSR count). The third-order valence-electron chi connectivity index (χ3n) is 2.62. The van der Waals surface area contributed by atoms with Crippen molar-refractivity contribution >= 4 is 5.91 Å². The molecular weight excluding hydrogens is 182 g/mol. The Hall–Kier alpha value is -1.36. The Balaban J connectivity index is 1.84. The van der Waals surface area contributed by atoms with Crippen molar-refractivity contribution in [3.63, 3.8) is 0 Å². The van der Waals surface area contributed by atoms with E-state index >= 15 is 0 Å². The zero-order chi connectivity index (χ0) is 10.0. The van der Waals surface area contributed by atoms with Crippen molar-refractivity contribution in [2.24, 2.45) is 0 Å². The molecule has 0 bridgehead atoms. The van der Waals surface area contributed by atoms with Crippen LogP contribution in [0.15, 0.2) is 12.4 Å². The smallest absolute Gasteiger partial charge is 0.254 e. The van der Waals surface area contributed by atoms with Crippen LogP contribution in [-0.4, -0.2) is 33.4 Å². The number of rotatable bonds is 3. The van der Waals surface area contributed by atoms with Crippen LogP contribution in [0, 0.1) is 0 Å². The van der Waals surface area contributed by atoms with Gasteiger partial charge in [-0.2, -0.15) is 5.10 Å². The number of carbonyl (C=O) groups excluding carboxylic acids is 1. The number of aromatic nitrogens is 2. The summed E-state index contributed by atoms with van der Waals surface area (Å²) in [6.45, 7) is 0.330. The van der Waals surface area contributed by atoms with E-state index in [1.54, 1.807) is 0 Å². The summed E-state index contributed by atoms with van der Waals surface area (Å²) in [5, 5.41) is 18.6. The minimum absolute atomic E-state index is 0.195. The van der Waals surface area contributed by atoms with Crippen LogP contribution in [-0.2, 0) is 0 Å². The highest BCUT2D eigenvalue weighted by atomic mass is 16.3. The van der Waals surface area contributed by atoms with Crippen LogP contribution in [0.5, 0.6) is 0 Å². The molecule has 0 saturated heterocycles. The Kier molecular flexibility index (Phi) is 2.25. The first-order valence-corrected chi connectivity index (χ1v) is 4.69. The maximum Gasteiger partial charge on any atom is 0.254 e. The zero-order valence-corrected chi connectivity index (χ0v) is 7.79. The van der Waals surface area contributed by atoms with Gasteiger partial charge in [-0.25, -0.2) is 0 Å². The molecule has 0 spiro atoms. The molecular formula is C9H13N3O2. The monoisotopic (exact) mass is 195 g/mol. The number of H-pyrrole nitrogens is 1. The molecule has 0 aromatic carbocycles. The maximum atomic E-state index is 11.4. The second-order valence-electron chi connectivity index (χ2n) is 3.75. The molecule has 5 nitrogen and oxygen atoms in total. The van der Waals surface area contributed by atoms with Gasteiger partial charge in [0.25, 0.3) is 5.91 Å². The van der Waals surface area contributed by atoms with E-state index < -0.39 is 5.60 Å². The molecule has 1 amide bonds. The summed E-state index contributed by atoms with van der Waals surface area (Å²) in [6.07, 6.45) is 5.58. The molecule has 1 aliphatic rings. The highest BCUT2D eigenvalue weighted by Crippen LogP contribution is 2.30. The Morgan fingerprint density at radius 1 is 1.71 bits per heavy atom. The topological polar surface area (TPSA) is 78.0 Å². The number of hydrogen-bond acceptors (Lipinski definition) is 3. The second-order valence-corrected chi connectivity index (χ2v) is 3.75. The van der Waals surface area contributed by atoms with Crippen molar-refractivity contribution in [1.29, 1.82) is 0 Å². The van der Waals surface area contributed by atoms with Crippen LogP contribution in [0.25, 0.3) is 0 Å². The molecule has 0 aliphatic heterocycles. The van der Waals surface area contributed by atoms with Gasteiger partial charge < -0.3 is 10.4 Å². The zero-order valence-electron chi connectivity index (χ0n) is 7.79. The fraction of sp³-hybridized carbons (Fsp3) is 0.556. The van der Waals surface area contributed by atoms with Crippen LogP contribution >= 0.6 is 0 Å². The molecule has 1 aliphatic carbocycles. The van der Waals surface area contributed by atoms with E-state index in [-0.39, 0.29) is 5.91 Å². The van der Waals surface area contributed by atoms with Gasteiger partial charge in [0.2, 0.25) is 0 Å². The van der Waals surface area contributed by atoms with Crippen molar-refractivity contribution in [3.05, 3.63) is 18.0 Å². The van der Waals surface area contributed by atoms with Crippen molar-refractivity contribution in [1.82, 2.24) is 15.5 Å². The fourth-order valence-electron chi connectivity index (χ4n) is 1.48. The standard InChI is InChI=1S/C9H13N3O2/c13-8(7-4-11-12-5-7)10-6-9(14)2-1-3-9/h4-5,14H,1-3,6H2,(H,10,13)(H,11,12). The molecule has 1 saturated carbocycles. The summed E-state index contributed by atoms with van der Waals surface area (Å²) < 4.78 is 0. The van der Waals surface area contributed by atoms with E-state index in [1.807, 2.05) is 0 Å². The Morgan fingerprint density at radius 2 is 2.50 bits per heavy atom. The summed E-state index contributed by atoms with van der Waals surface area (Å²) in [5.74, 6) is -0.195. The van der Waals surface area contributed by atoms with Gasteiger partial charge in [0, 0.05) is 12.7 Å². The predicted octanol–water partition coefficient (Wildman–Crippen LogP) is 0.0545. The van der Waals surface area contributed by atoms with Crippen LogP contribution in [0.2, 0.25) is 0 Å². The lowest BCUT2D eigenvalue weighted by atomic mass is 9.80. The van der Waals surface area contributed by atoms with E-state index in [2.05, 4.69) is 15.5 Å². The molecule has 1 aromatic heterocycles. The van der Waals surface area contributed by atoms with Crippen molar-refractivity contribution in [2.75, 3.05) is 6.54 Å². The Labute approximate surface area is 81.5 Å². The number of aromatic amines is 1. The number of hydrogen-bond donors (Lipinski definition) is 3. The summed E-state index contributed by atoms with van der Waals surface area (Å²) in [4.78, 5) is 11.4. The van der Waals surface area contributed by atoms with E-state index in [0.29, 0.717) is 12.1 Å². The van der Waals surface area contributed by atoms with Gasteiger partial charge in [0.1, 0.15) is 0 Å². The predicted molar refractivity (Wildman–Crippen MR) is 49.7 cm³/mol. The lowest BCUT2D eigenvalue weighted by Gasteiger charge is -2.36. The van der Waals surface area contributed by atoms with E-state index in [4.69, 9.17) is 0 Å². The molecule has 14 heavy (non-hydrogen) atoms. The average molecular weight is 195 g/mol. The normalized spacial score (nSPS) is 18.6. The largest absolute Gasteiger partial charge is 0.388 e. The molecule has 3 N–H and O–H groups in total. The van der Waals surface area contributed by atoms with Gasteiger partial charge in [-0.15, -0.1) is 0 Å². The summed E-state index contributed by atoms with van der Waals surface area (Å²) in [7, 11) is 0. The number of aliphatic hydroxyl groups is 1. The fourth-order valence-corrected chi connectivity index (χ4v) is 1.48. The summed E-state index contributed by atoms with van der Waals surface area (Å²) in [5.41, 5.74) is -0.174. The minimum Gasteiger partial charge on any atom is -0.388 e. The number of amides is 1. The van der Waals surface area contributed by atoms with Crippen LogP contribution < -0.4 is 5.32 Å². The van der Waals surface area contributed by atoms with Gasteiger partial charge in [-0.05, 0) is 19.3 Å². The molecule has 0 unspecified atom stereocenters. The third-order valence-corrected chi connectivity index (χ3v) is 2.62.